The van der Waals surface area contributed by atoms with Crippen molar-refractivity contribution in [1.82, 2.24) is 15.3 Å². The van der Waals surface area contributed by atoms with Gasteiger partial charge in [-0.25, -0.2) is 14.8 Å². The van der Waals surface area contributed by atoms with Gasteiger partial charge in [-0.05, 0) is 20.8 Å². The molecule has 0 aliphatic rings. The fourth-order valence-corrected chi connectivity index (χ4v) is 1.33. The molecule has 0 saturated heterocycles. The molecule has 0 bridgehead atoms. The van der Waals surface area contributed by atoms with Gasteiger partial charge < -0.3 is 21.1 Å². The van der Waals surface area contributed by atoms with Gasteiger partial charge in [0.2, 0.25) is 5.82 Å². The highest BCUT2D eigenvalue weighted by Gasteiger charge is 2.35. The van der Waals surface area contributed by atoms with Gasteiger partial charge in [0.05, 0.1) is 11.9 Å². The normalized spacial score (nSPS) is 11.9. The highest BCUT2D eigenvalue weighted by atomic mass is 19.4. The van der Waals surface area contributed by atoms with Crippen LogP contribution in [0.1, 0.15) is 26.6 Å². The summed E-state index contributed by atoms with van der Waals surface area (Å²) < 4.78 is 42.5. The molecular weight excluding hydrogens is 303 g/mol. The Morgan fingerprint density at radius 1 is 1.32 bits per heavy atom. The molecule has 0 aromatic carbocycles. The van der Waals surface area contributed by atoms with E-state index in [1.54, 1.807) is 20.8 Å². The summed E-state index contributed by atoms with van der Waals surface area (Å²) in [5.41, 5.74) is 4.84. The summed E-state index contributed by atoms with van der Waals surface area (Å²) in [5, 5.41) is 5.04. The Morgan fingerprint density at radius 3 is 2.50 bits per heavy atom. The van der Waals surface area contributed by atoms with Gasteiger partial charge in [-0.1, -0.05) is 0 Å². The lowest BCUT2D eigenvalue weighted by Gasteiger charge is -2.19. The van der Waals surface area contributed by atoms with Crippen LogP contribution >= 0.6 is 0 Å². The molecular formula is C12H18F3N5O2. The van der Waals surface area contributed by atoms with Crippen molar-refractivity contribution in [3.05, 3.63) is 12.0 Å². The predicted octanol–water partition coefficient (Wildman–Crippen LogP) is 2.01. The molecule has 0 atom stereocenters. The molecule has 0 fully saturated rings. The average molecular weight is 321 g/mol. The van der Waals surface area contributed by atoms with E-state index in [9.17, 15) is 18.0 Å². The number of amides is 1. The minimum absolute atomic E-state index is 0.0229. The number of halogens is 3. The van der Waals surface area contributed by atoms with Gasteiger partial charge in [0.25, 0.3) is 0 Å². The lowest BCUT2D eigenvalue weighted by molar-refractivity contribution is -0.144. The lowest BCUT2D eigenvalue weighted by atomic mass is 10.2. The molecule has 0 aliphatic carbocycles. The lowest BCUT2D eigenvalue weighted by Crippen LogP contribution is -2.35. The van der Waals surface area contributed by atoms with Gasteiger partial charge in [-0.15, -0.1) is 0 Å². The maximum atomic E-state index is 12.5. The first-order valence-corrected chi connectivity index (χ1v) is 6.39. The average Bonchev–Trinajstić information content (AvgIpc) is 2.33. The van der Waals surface area contributed by atoms with Gasteiger partial charge in [-0.3, -0.25) is 0 Å². The van der Waals surface area contributed by atoms with Gasteiger partial charge >= 0.3 is 12.3 Å². The molecule has 1 aromatic rings. The maximum Gasteiger partial charge on any atom is 0.451 e. The van der Waals surface area contributed by atoms with Crippen LogP contribution in [0.25, 0.3) is 0 Å². The zero-order valence-corrected chi connectivity index (χ0v) is 12.4. The topological polar surface area (TPSA) is 102 Å². The van der Waals surface area contributed by atoms with Crippen LogP contribution in [0.2, 0.25) is 0 Å². The molecule has 4 N–H and O–H groups in total. The molecule has 0 saturated carbocycles. The van der Waals surface area contributed by atoms with Crippen LogP contribution in [0.3, 0.4) is 0 Å². The quantitative estimate of drug-likeness (QED) is 0.733. The van der Waals surface area contributed by atoms with E-state index in [4.69, 9.17) is 10.5 Å². The molecule has 1 rings (SSSR count). The zero-order valence-electron chi connectivity index (χ0n) is 12.4. The summed E-state index contributed by atoms with van der Waals surface area (Å²) in [4.78, 5) is 17.8. The zero-order chi connectivity index (χ0) is 17.0. The molecule has 22 heavy (non-hydrogen) atoms. The highest BCUT2D eigenvalue weighted by Crippen LogP contribution is 2.27. The van der Waals surface area contributed by atoms with Crippen molar-refractivity contribution in [3.8, 4) is 0 Å². The molecule has 124 valence electrons. The van der Waals surface area contributed by atoms with E-state index in [1.165, 1.54) is 0 Å². The Hall–Kier alpha value is -2.26. The van der Waals surface area contributed by atoms with E-state index in [0.29, 0.717) is 0 Å². The highest BCUT2D eigenvalue weighted by molar-refractivity contribution is 5.67. The summed E-state index contributed by atoms with van der Waals surface area (Å²) in [7, 11) is 0. The summed E-state index contributed by atoms with van der Waals surface area (Å²) in [5.74, 6) is -1.43. The van der Waals surface area contributed by atoms with Crippen LogP contribution in [0.15, 0.2) is 6.20 Å². The second kappa shape index (κ2) is 6.67. The number of ether oxygens (including phenoxy) is 1. The number of hydrogen-bond donors (Lipinski definition) is 3. The van der Waals surface area contributed by atoms with E-state index in [-0.39, 0.29) is 24.6 Å². The van der Waals surface area contributed by atoms with Crippen LogP contribution in [-0.4, -0.2) is 34.8 Å². The minimum Gasteiger partial charge on any atom is -0.444 e. The monoisotopic (exact) mass is 321 g/mol. The molecule has 0 aliphatic heterocycles. The molecule has 1 aromatic heterocycles. The Morgan fingerprint density at radius 2 is 1.95 bits per heavy atom. The molecule has 0 spiro atoms. The number of aromatic nitrogens is 2. The number of alkyl halides is 3. The Kier molecular flexibility index (Phi) is 5.39. The third kappa shape index (κ3) is 6.02. The second-order valence-corrected chi connectivity index (χ2v) is 5.35. The Labute approximate surface area is 125 Å². The number of hydrogen-bond acceptors (Lipinski definition) is 6. The first-order valence-electron chi connectivity index (χ1n) is 6.39. The predicted molar refractivity (Wildman–Crippen MR) is 74.2 cm³/mol. The first kappa shape index (κ1) is 17.8. The number of nitrogens with one attached hydrogen (secondary N) is 2. The van der Waals surface area contributed by atoms with Crippen molar-refractivity contribution in [2.24, 2.45) is 0 Å². The summed E-state index contributed by atoms with van der Waals surface area (Å²) in [6.45, 7) is 5.39. The van der Waals surface area contributed by atoms with Crippen molar-refractivity contribution in [3.63, 3.8) is 0 Å². The van der Waals surface area contributed by atoms with E-state index < -0.39 is 23.7 Å². The van der Waals surface area contributed by atoms with E-state index in [0.717, 1.165) is 6.20 Å². The van der Waals surface area contributed by atoms with Gasteiger partial charge in [0.15, 0.2) is 5.82 Å². The van der Waals surface area contributed by atoms with Crippen LogP contribution < -0.4 is 16.4 Å². The Balaban J connectivity index is 2.50. The number of carbonyl (C=O) groups excluding carboxylic acids is 1. The van der Waals surface area contributed by atoms with Crippen molar-refractivity contribution >= 4 is 17.6 Å². The molecule has 7 nitrogen and oxygen atoms in total. The first-order chi connectivity index (χ1) is 9.99. The number of rotatable bonds is 4. The summed E-state index contributed by atoms with van der Waals surface area (Å²) >= 11 is 0. The minimum atomic E-state index is -4.65. The van der Waals surface area contributed by atoms with Crippen molar-refractivity contribution in [2.45, 2.75) is 32.5 Å². The van der Waals surface area contributed by atoms with Crippen LogP contribution in [-0.2, 0) is 10.9 Å². The van der Waals surface area contributed by atoms with Crippen LogP contribution in [0.5, 0.6) is 0 Å². The van der Waals surface area contributed by atoms with Gasteiger partial charge in [0, 0.05) is 13.1 Å². The molecule has 1 heterocycles. The van der Waals surface area contributed by atoms with E-state index >= 15 is 0 Å². The standard InChI is InChI=1S/C12H18F3N5O2/c1-11(2,3)22-10(21)18-5-4-17-8-7(16)6-19-9(20-8)12(13,14)15/h6H,4-5,16H2,1-3H3,(H,18,21)(H,17,19,20). The number of alkyl carbamates (subject to hydrolysis) is 1. The maximum absolute atomic E-state index is 12.5. The third-order valence-electron chi connectivity index (χ3n) is 2.16. The van der Waals surface area contributed by atoms with E-state index in [1.807, 2.05) is 0 Å². The fourth-order valence-electron chi connectivity index (χ4n) is 1.33. The third-order valence-corrected chi connectivity index (χ3v) is 2.16. The molecule has 10 heteroatoms. The molecule has 0 radical (unpaired) electrons. The number of anilines is 2. The second-order valence-electron chi connectivity index (χ2n) is 5.35. The smallest absolute Gasteiger partial charge is 0.444 e. The van der Waals surface area contributed by atoms with E-state index in [2.05, 4.69) is 20.6 Å². The van der Waals surface area contributed by atoms with Crippen LogP contribution in [0, 0.1) is 0 Å². The Bertz CT molecular complexity index is 528. The van der Waals surface area contributed by atoms with Crippen molar-refractivity contribution in [1.29, 1.82) is 0 Å². The van der Waals surface area contributed by atoms with Crippen LogP contribution in [0.4, 0.5) is 29.5 Å². The largest absolute Gasteiger partial charge is 0.451 e. The molecule has 0 unspecified atom stereocenters. The summed E-state index contributed by atoms with van der Waals surface area (Å²) in [6.07, 6.45) is -4.40. The number of nitrogen functional groups attached to an aromatic ring is 1. The number of carbonyl (C=O) groups is 1. The number of nitrogens with zero attached hydrogens (tertiary/aromatic N) is 2. The SMILES string of the molecule is CC(C)(C)OC(=O)NCCNc1nc(C(F)(F)F)ncc1N. The number of nitrogens with two attached hydrogens (primary N) is 1. The van der Waals surface area contributed by atoms with Gasteiger partial charge in [0.1, 0.15) is 5.60 Å². The fraction of sp³-hybridized carbons (Fsp3) is 0.583. The van der Waals surface area contributed by atoms with Crippen molar-refractivity contribution < 1.29 is 22.7 Å². The van der Waals surface area contributed by atoms with Crippen molar-refractivity contribution in [2.75, 3.05) is 24.1 Å². The summed E-state index contributed by atoms with van der Waals surface area (Å²) in [6, 6.07) is 0. The molecule has 1 amide bonds. The van der Waals surface area contributed by atoms with Gasteiger partial charge in [-0.2, -0.15) is 13.2 Å².